The molecule has 0 bridgehead atoms. The van der Waals surface area contributed by atoms with Crippen LogP contribution >= 0.6 is 23.2 Å². The van der Waals surface area contributed by atoms with Crippen LogP contribution in [0.3, 0.4) is 0 Å². The summed E-state index contributed by atoms with van der Waals surface area (Å²) in [5.41, 5.74) is 0. The molecule has 20 heavy (non-hydrogen) atoms. The van der Waals surface area contributed by atoms with Gasteiger partial charge in [0.2, 0.25) is 0 Å². The molecule has 0 heterocycles. The predicted molar refractivity (Wildman–Crippen MR) is 79.4 cm³/mol. The second kappa shape index (κ2) is 5.82. The van der Waals surface area contributed by atoms with Crippen molar-refractivity contribution in [3.63, 3.8) is 0 Å². The smallest absolute Gasteiger partial charge is 0.260 e. The largest absolute Gasteiger partial charge is 0.484 e. The van der Waals surface area contributed by atoms with E-state index in [1.807, 2.05) is 4.90 Å². The maximum atomic E-state index is 12.3. The van der Waals surface area contributed by atoms with Gasteiger partial charge in [-0.1, -0.05) is 23.2 Å². The summed E-state index contributed by atoms with van der Waals surface area (Å²) in [5, 5.41) is 0.923. The molecule has 3 rings (SSSR count). The lowest BCUT2D eigenvalue weighted by Gasteiger charge is -2.22. The number of nitrogens with zero attached hydrogens (tertiary/aromatic N) is 1. The molecular weight excluding hydrogens is 297 g/mol. The lowest BCUT2D eigenvalue weighted by molar-refractivity contribution is -0.134. The Labute approximate surface area is 128 Å². The zero-order valence-electron chi connectivity index (χ0n) is 11.1. The lowest BCUT2D eigenvalue weighted by Crippen LogP contribution is -2.38. The molecule has 2 fully saturated rings. The number of carbonyl (C=O) groups excluding carboxylic acids is 1. The summed E-state index contributed by atoms with van der Waals surface area (Å²) in [6.45, 7) is 0.968. The molecule has 2 aliphatic rings. The topological polar surface area (TPSA) is 29.5 Å². The first-order valence-electron chi connectivity index (χ1n) is 7.01. The van der Waals surface area contributed by atoms with Gasteiger partial charge in [-0.15, -0.1) is 0 Å². The van der Waals surface area contributed by atoms with Crippen LogP contribution in [0.5, 0.6) is 5.75 Å². The van der Waals surface area contributed by atoms with Gasteiger partial charge < -0.3 is 9.64 Å². The molecule has 3 nitrogen and oxygen atoms in total. The van der Waals surface area contributed by atoms with Gasteiger partial charge in [-0.05, 0) is 43.7 Å². The monoisotopic (exact) mass is 313 g/mol. The highest BCUT2D eigenvalue weighted by atomic mass is 35.5. The Hall–Kier alpha value is -0.930. The molecule has 0 aliphatic heterocycles. The van der Waals surface area contributed by atoms with Crippen molar-refractivity contribution in [3.8, 4) is 5.75 Å². The van der Waals surface area contributed by atoms with Gasteiger partial charge in [0.25, 0.3) is 5.91 Å². The van der Waals surface area contributed by atoms with Crippen molar-refractivity contribution in [3.05, 3.63) is 28.2 Å². The van der Waals surface area contributed by atoms with E-state index in [0.29, 0.717) is 27.8 Å². The fraction of sp³-hybridized carbons (Fsp3) is 0.533. The van der Waals surface area contributed by atoms with Crippen LogP contribution in [-0.2, 0) is 4.79 Å². The second-order valence-corrected chi connectivity index (χ2v) is 6.40. The Morgan fingerprint density at radius 3 is 2.55 bits per heavy atom. The first-order chi connectivity index (χ1) is 9.63. The van der Waals surface area contributed by atoms with Crippen molar-refractivity contribution >= 4 is 29.1 Å². The summed E-state index contributed by atoms with van der Waals surface area (Å²) in [4.78, 5) is 14.3. The van der Waals surface area contributed by atoms with E-state index in [1.165, 1.54) is 12.8 Å². The van der Waals surface area contributed by atoms with E-state index in [4.69, 9.17) is 27.9 Å². The van der Waals surface area contributed by atoms with Crippen molar-refractivity contribution in [2.24, 2.45) is 5.92 Å². The molecule has 5 heteroatoms. The number of ether oxygens (including phenoxy) is 1. The number of benzene rings is 1. The highest BCUT2D eigenvalue weighted by Crippen LogP contribution is 2.35. The van der Waals surface area contributed by atoms with Crippen LogP contribution in [0.1, 0.15) is 25.7 Å². The summed E-state index contributed by atoms with van der Waals surface area (Å²) in [6.07, 6.45) is 4.77. The fourth-order valence-electron chi connectivity index (χ4n) is 2.21. The van der Waals surface area contributed by atoms with Crippen LogP contribution in [0, 0.1) is 5.92 Å². The first kappa shape index (κ1) is 14.0. The summed E-state index contributed by atoms with van der Waals surface area (Å²) in [6, 6.07) is 5.48. The SMILES string of the molecule is O=C(COc1ccc(Cl)c(Cl)c1)N(CC1CC1)C1CC1. The predicted octanol–water partition coefficient (Wildman–Crippen LogP) is 3.77. The summed E-state index contributed by atoms with van der Waals surface area (Å²) in [5.74, 6) is 1.37. The summed E-state index contributed by atoms with van der Waals surface area (Å²) >= 11 is 11.8. The van der Waals surface area contributed by atoms with Gasteiger partial charge in [0.1, 0.15) is 5.75 Å². The quantitative estimate of drug-likeness (QED) is 0.800. The molecule has 0 unspecified atom stereocenters. The molecule has 0 radical (unpaired) electrons. The third-order valence-electron chi connectivity index (χ3n) is 3.71. The average molecular weight is 314 g/mol. The van der Waals surface area contributed by atoms with Crippen LogP contribution in [0.4, 0.5) is 0 Å². The number of hydrogen-bond acceptors (Lipinski definition) is 2. The molecule has 2 aliphatic carbocycles. The minimum atomic E-state index is 0.0706. The van der Waals surface area contributed by atoms with Gasteiger partial charge >= 0.3 is 0 Å². The van der Waals surface area contributed by atoms with E-state index in [-0.39, 0.29) is 12.5 Å². The molecule has 2 saturated carbocycles. The molecule has 1 amide bonds. The first-order valence-corrected chi connectivity index (χ1v) is 7.76. The second-order valence-electron chi connectivity index (χ2n) is 5.59. The number of hydrogen-bond donors (Lipinski definition) is 0. The maximum Gasteiger partial charge on any atom is 0.260 e. The summed E-state index contributed by atoms with van der Waals surface area (Å²) in [7, 11) is 0. The van der Waals surface area contributed by atoms with Crippen molar-refractivity contribution in [2.75, 3.05) is 13.2 Å². The molecule has 0 N–H and O–H groups in total. The highest BCUT2D eigenvalue weighted by molar-refractivity contribution is 6.42. The third-order valence-corrected chi connectivity index (χ3v) is 4.45. The van der Waals surface area contributed by atoms with Crippen LogP contribution in [0.25, 0.3) is 0 Å². The van der Waals surface area contributed by atoms with Crippen molar-refractivity contribution in [1.29, 1.82) is 0 Å². The molecule has 108 valence electrons. The van der Waals surface area contributed by atoms with Gasteiger partial charge in [-0.2, -0.15) is 0 Å². The molecule has 0 spiro atoms. The number of carbonyl (C=O) groups is 1. The molecule has 1 aromatic carbocycles. The van der Waals surface area contributed by atoms with Crippen LogP contribution in [-0.4, -0.2) is 30.0 Å². The zero-order valence-corrected chi connectivity index (χ0v) is 12.7. The van der Waals surface area contributed by atoms with E-state index in [1.54, 1.807) is 18.2 Å². The van der Waals surface area contributed by atoms with E-state index >= 15 is 0 Å². The van der Waals surface area contributed by atoms with E-state index < -0.39 is 0 Å². The van der Waals surface area contributed by atoms with Crippen LogP contribution in [0.2, 0.25) is 10.0 Å². The number of rotatable bonds is 6. The fourth-order valence-corrected chi connectivity index (χ4v) is 2.50. The average Bonchev–Trinajstić information content (AvgIpc) is 3.29. The van der Waals surface area contributed by atoms with Crippen LogP contribution in [0.15, 0.2) is 18.2 Å². The Kier molecular flexibility index (Phi) is 4.08. The molecular formula is C15H17Cl2NO2. The lowest BCUT2D eigenvalue weighted by atomic mass is 10.3. The minimum Gasteiger partial charge on any atom is -0.484 e. The molecule has 0 aromatic heterocycles. The van der Waals surface area contributed by atoms with Crippen LogP contribution < -0.4 is 4.74 Å². The van der Waals surface area contributed by atoms with Gasteiger partial charge in [-0.25, -0.2) is 0 Å². The Morgan fingerprint density at radius 1 is 1.20 bits per heavy atom. The van der Waals surface area contributed by atoms with Crippen molar-refractivity contribution in [2.45, 2.75) is 31.7 Å². The molecule has 0 saturated heterocycles. The minimum absolute atomic E-state index is 0.0706. The Balaban J connectivity index is 1.55. The highest BCUT2D eigenvalue weighted by Gasteiger charge is 2.36. The zero-order chi connectivity index (χ0) is 14.1. The van der Waals surface area contributed by atoms with Crippen molar-refractivity contribution < 1.29 is 9.53 Å². The normalized spacial score (nSPS) is 17.9. The van der Waals surface area contributed by atoms with Gasteiger partial charge in [-0.3, -0.25) is 4.79 Å². The molecule has 0 atom stereocenters. The van der Waals surface area contributed by atoms with Gasteiger partial charge in [0.15, 0.2) is 6.61 Å². The third kappa shape index (κ3) is 3.58. The Bertz CT molecular complexity index is 513. The van der Waals surface area contributed by atoms with E-state index in [9.17, 15) is 4.79 Å². The Morgan fingerprint density at radius 2 is 1.95 bits per heavy atom. The van der Waals surface area contributed by atoms with E-state index in [0.717, 1.165) is 19.4 Å². The maximum absolute atomic E-state index is 12.3. The van der Waals surface area contributed by atoms with E-state index in [2.05, 4.69) is 0 Å². The van der Waals surface area contributed by atoms with Gasteiger partial charge in [0.05, 0.1) is 10.0 Å². The standard InChI is InChI=1S/C15H17Cl2NO2/c16-13-6-5-12(7-14(13)17)20-9-15(19)18(11-3-4-11)8-10-1-2-10/h5-7,10-11H,1-4,8-9H2. The number of amides is 1. The summed E-state index contributed by atoms with van der Waals surface area (Å²) < 4.78 is 5.53. The van der Waals surface area contributed by atoms with Gasteiger partial charge in [0, 0.05) is 18.7 Å². The van der Waals surface area contributed by atoms with Crippen molar-refractivity contribution in [1.82, 2.24) is 4.90 Å². The molecule has 1 aromatic rings. The number of halogens is 2.